The molecule has 0 radical (unpaired) electrons. The first-order chi connectivity index (χ1) is 10.9. The molecule has 1 rings (SSSR count). The van der Waals surface area contributed by atoms with Gasteiger partial charge in [-0.05, 0) is 24.0 Å². The number of quaternary nitrogens is 1. The minimum Gasteiger partial charge on any atom is -0.544 e. The summed E-state index contributed by atoms with van der Waals surface area (Å²) in [7, 11) is 0. The van der Waals surface area contributed by atoms with Crippen molar-refractivity contribution in [2.45, 2.75) is 26.7 Å². The second-order valence-corrected chi connectivity index (χ2v) is 5.23. The smallest absolute Gasteiger partial charge is 0.279 e. The summed E-state index contributed by atoms with van der Waals surface area (Å²) in [6, 6.07) is 5.72. The average molecular weight is 321 g/mol. The highest BCUT2D eigenvalue weighted by Crippen LogP contribution is 2.22. The van der Waals surface area contributed by atoms with Gasteiger partial charge in [-0.3, -0.25) is 4.79 Å². The van der Waals surface area contributed by atoms with Crippen LogP contribution < -0.4 is 20.4 Å². The van der Waals surface area contributed by atoms with Gasteiger partial charge in [-0.2, -0.15) is 0 Å². The van der Waals surface area contributed by atoms with Crippen molar-refractivity contribution in [1.29, 1.82) is 0 Å². The Morgan fingerprint density at radius 3 is 1.83 bits per heavy atom. The van der Waals surface area contributed by atoms with Gasteiger partial charge in [0.2, 0.25) is 0 Å². The number of carbonyl (C=O) groups excluding carboxylic acids is 3. The Labute approximate surface area is 134 Å². The summed E-state index contributed by atoms with van der Waals surface area (Å²) >= 11 is 0. The van der Waals surface area contributed by atoms with Gasteiger partial charge in [0.05, 0.1) is 11.9 Å². The molecule has 1 amide bonds. The number of carboxylic acid groups (broad SMARTS) is 2. The summed E-state index contributed by atoms with van der Waals surface area (Å²) in [5, 5.41) is 24.1. The van der Waals surface area contributed by atoms with Crippen molar-refractivity contribution in [3.05, 3.63) is 29.3 Å². The zero-order chi connectivity index (χ0) is 17.4. The highest BCUT2D eigenvalue weighted by atomic mass is 16.4. The molecule has 23 heavy (non-hydrogen) atoms. The highest BCUT2D eigenvalue weighted by molar-refractivity contribution is 5.93. The number of anilines is 1. The first-order valence-corrected chi connectivity index (χ1v) is 7.51. The molecule has 0 atom stereocenters. The van der Waals surface area contributed by atoms with E-state index in [0.29, 0.717) is 5.69 Å². The molecule has 2 N–H and O–H groups in total. The number of aryl methyl sites for hydroxylation is 2. The van der Waals surface area contributed by atoms with Crippen molar-refractivity contribution >= 4 is 23.5 Å². The second-order valence-electron chi connectivity index (χ2n) is 5.23. The van der Waals surface area contributed by atoms with E-state index < -0.39 is 30.9 Å². The summed E-state index contributed by atoms with van der Waals surface area (Å²) in [5.74, 6) is -3.28. The first-order valence-electron chi connectivity index (χ1n) is 7.51. The lowest BCUT2D eigenvalue weighted by atomic mass is 10.0. The third kappa shape index (κ3) is 6.07. The van der Waals surface area contributed by atoms with Gasteiger partial charge in [-0.1, -0.05) is 32.0 Å². The van der Waals surface area contributed by atoms with Crippen LogP contribution >= 0.6 is 0 Å². The van der Waals surface area contributed by atoms with E-state index in [2.05, 4.69) is 5.32 Å². The summed E-state index contributed by atoms with van der Waals surface area (Å²) in [6.45, 7) is 2.50. The van der Waals surface area contributed by atoms with Crippen LogP contribution in [0.4, 0.5) is 5.69 Å². The molecule has 0 aliphatic rings. The summed E-state index contributed by atoms with van der Waals surface area (Å²) in [5.41, 5.74) is 2.65. The average Bonchev–Trinajstić information content (AvgIpc) is 2.45. The Kier molecular flexibility index (Phi) is 7.21. The Hall–Kier alpha value is -2.41. The number of amides is 1. The fraction of sp³-hybridized carbons (Fsp3) is 0.438. The molecule has 0 aliphatic heterocycles. The zero-order valence-electron chi connectivity index (χ0n) is 13.3. The molecule has 0 unspecified atom stereocenters. The van der Waals surface area contributed by atoms with Gasteiger partial charge < -0.3 is 30.0 Å². The number of nitrogens with one attached hydrogen (secondary N) is 2. The van der Waals surface area contributed by atoms with E-state index >= 15 is 0 Å². The fourth-order valence-electron chi connectivity index (χ4n) is 2.41. The SMILES string of the molecule is CCc1cccc(CC)c1NC(=O)C[NH+](CC(=O)[O-])CC(=O)[O-]. The minimum absolute atomic E-state index is 0.0505. The molecule has 7 nitrogen and oxygen atoms in total. The lowest BCUT2D eigenvalue weighted by Gasteiger charge is -2.21. The van der Waals surface area contributed by atoms with Gasteiger partial charge in [0.15, 0.2) is 6.54 Å². The highest BCUT2D eigenvalue weighted by Gasteiger charge is 2.17. The third-order valence-electron chi connectivity index (χ3n) is 3.46. The van der Waals surface area contributed by atoms with E-state index in [-0.39, 0.29) is 11.4 Å². The zero-order valence-corrected chi connectivity index (χ0v) is 13.3. The van der Waals surface area contributed by atoms with Gasteiger partial charge in [0, 0.05) is 5.69 Å². The van der Waals surface area contributed by atoms with E-state index in [0.717, 1.165) is 24.0 Å². The second kappa shape index (κ2) is 8.89. The van der Waals surface area contributed by atoms with Crippen LogP contribution in [0.3, 0.4) is 0 Å². The third-order valence-corrected chi connectivity index (χ3v) is 3.46. The van der Waals surface area contributed by atoms with Crippen LogP contribution in [0.15, 0.2) is 18.2 Å². The molecular formula is C16H21N2O5-. The molecule has 0 aromatic heterocycles. The van der Waals surface area contributed by atoms with Crippen molar-refractivity contribution in [3.8, 4) is 0 Å². The van der Waals surface area contributed by atoms with Crippen LogP contribution in [0.2, 0.25) is 0 Å². The van der Waals surface area contributed by atoms with E-state index in [1.54, 1.807) is 0 Å². The lowest BCUT2D eigenvalue weighted by Crippen LogP contribution is -3.15. The summed E-state index contributed by atoms with van der Waals surface area (Å²) in [4.78, 5) is 33.5. The molecule has 0 saturated carbocycles. The van der Waals surface area contributed by atoms with Crippen molar-refractivity contribution < 1.29 is 29.5 Å². The quantitative estimate of drug-likeness (QED) is 0.508. The molecule has 1 aromatic rings. The van der Waals surface area contributed by atoms with Crippen molar-refractivity contribution in [1.82, 2.24) is 0 Å². The molecule has 7 heteroatoms. The maximum Gasteiger partial charge on any atom is 0.279 e. The molecule has 0 fully saturated rings. The molecule has 0 aliphatic carbocycles. The largest absolute Gasteiger partial charge is 0.544 e. The number of hydrogen-bond acceptors (Lipinski definition) is 5. The molecule has 0 saturated heterocycles. The van der Waals surface area contributed by atoms with Gasteiger partial charge in [0.25, 0.3) is 5.91 Å². The predicted molar refractivity (Wildman–Crippen MR) is 79.4 cm³/mol. The molecule has 126 valence electrons. The standard InChI is InChI=1S/C16H22N2O5/c1-3-11-6-5-7-12(4-2)16(11)17-13(19)8-18(9-14(20)21)10-15(22)23/h5-7H,3-4,8-10H2,1-2H3,(H,17,19)(H,20,21)(H,22,23)/p-1. The number of aliphatic carboxylic acids is 2. The number of para-hydroxylation sites is 1. The van der Waals surface area contributed by atoms with Crippen molar-refractivity contribution in [2.24, 2.45) is 0 Å². The first kappa shape index (κ1) is 18.6. The van der Waals surface area contributed by atoms with Crippen LogP contribution in [-0.4, -0.2) is 37.5 Å². The minimum atomic E-state index is -1.42. The number of carbonyl (C=O) groups is 3. The number of benzene rings is 1. The van der Waals surface area contributed by atoms with E-state index in [9.17, 15) is 24.6 Å². The Bertz CT molecular complexity index is 548. The van der Waals surface area contributed by atoms with Crippen LogP contribution in [0.5, 0.6) is 0 Å². The molecule has 0 spiro atoms. The monoisotopic (exact) mass is 321 g/mol. The molecule has 0 heterocycles. The number of hydrogen-bond donors (Lipinski definition) is 2. The topological polar surface area (TPSA) is 114 Å². The Balaban J connectivity index is 2.85. The fourth-order valence-corrected chi connectivity index (χ4v) is 2.41. The van der Waals surface area contributed by atoms with Crippen LogP contribution in [0.1, 0.15) is 25.0 Å². The maximum absolute atomic E-state index is 12.2. The molecule has 0 bridgehead atoms. The normalized spacial score (nSPS) is 10.6. The van der Waals surface area contributed by atoms with Crippen LogP contribution in [0.25, 0.3) is 0 Å². The van der Waals surface area contributed by atoms with Crippen molar-refractivity contribution in [3.63, 3.8) is 0 Å². The Morgan fingerprint density at radius 1 is 0.957 bits per heavy atom. The number of rotatable bonds is 9. The van der Waals surface area contributed by atoms with Crippen LogP contribution in [-0.2, 0) is 27.2 Å². The summed E-state index contributed by atoms with van der Waals surface area (Å²) < 4.78 is 0. The Morgan fingerprint density at radius 2 is 1.43 bits per heavy atom. The number of carboxylic acids is 2. The maximum atomic E-state index is 12.2. The van der Waals surface area contributed by atoms with E-state index in [1.807, 2.05) is 32.0 Å². The summed E-state index contributed by atoms with van der Waals surface area (Å²) in [6.07, 6.45) is 1.47. The molecular weight excluding hydrogens is 300 g/mol. The van der Waals surface area contributed by atoms with Crippen LogP contribution in [0, 0.1) is 0 Å². The van der Waals surface area contributed by atoms with Gasteiger partial charge >= 0.3 is 0 Å². The van der Waals surface area contributed by atoms with Gasteiger partial charge in [-0.25, -0.2) is 0 Å². The lowest BCUT2D eigenvalue weighted by molar-refractivity contribution is -0.880. The van der Waals surface area contributed by atoms with E-state index in [1.165, 1.54) is 0 Å². The van der Waals surface area contributed by atoms with Gasteiger partial charge in [0.1, 0.15) is 13.1 Å². The van der Waals surface area contributed by atoms with Crippen molar-refractivity contribution in [2.75, 3.05) is 25.0 Å². The predicted octanol–water partition coefficient (Wildman–Crippen LogP) is -2.87. The van der Waals surface area contributed by atoms with Gasteiger partial charge in [-0.15, -0.1) is 0 Å². The van der Waals surface area contributed by atoms with E-state index in [4.69, 9.17) is 0 Å². The molecule has 1 aromatic carbocycles.